The maximum atomic E-state index is 12.9. The molecule has 0 saturated heterocycles. The first-order valence-electron chi connectivity index (χ1n) is 5.34. The fraction of sp³-hybridized carbons (Fsp3) is 0.400. The normalized spacial score (nSPS) is 16.0. The Morgan fingerprint density at radius 2 is 2.00 bits per heavy atom. The van der Waals surface area contributed by atoms with E-state index < -0.39 is 28.0 Å². The number of hydrogen-bond donors (Lipinski definition) is 1. The van der Waals surface area contributed by atoms with Gasteiger partial charge in [0.1, 0.15) is 12.4 Å². The fourth-order valence-electron chi connectivity index (χ4n) is 1.58. The molecular formula is C10H8F3N3O4. The lowest BCUT2D eigenvalue weighted by atomic mass is 10.0. The third-order valence-electron chi connectivity index (χ3n) is 2.56. The lowest BCUT2D eigenvalue weighted by Gasteiger charge is -2.15. The second kappa shape index (κ2) is 4.71. The van der Waals surface area contributed by atoms with Gasteiger partial charge in [0.25, 0.3) is 5.69 Å². The van der Waals surface area contributed by atoms with Crippen LogP contribution in [-0.2, 0) is 5.66 Å². The molecule has 0 amide bonds. The Morgan fingerprint density at radius 1 is 1.35 bits per heavy atom. The van der Waals surface area contributed by atoms with Crippen molar-refractivity contribution in [3.63, 3.8) is 0 Å². The summed E-state index contributed by atoms with van der Waals surface area (Å²) < 4.78 is 43.5. The number of nitro benzene ring substituents is 1. The van der Waals surface area contributed by atoms with E-state index in [1.165, 1.54) is 0 Å². The first kappa shape index (κ1) is 14.2. The van der Waals surface area contributed by atoms with Crippen molar-refractivity contribution in [2.24, 2.45) is 10.2 Å². The van der Waals surface area contributed by atoms with E-state index in [1.54, 1.807) is 0 Å². The van der Waals surface area contributed by atoms with Crippen LogP contribution in [0.1, 0.15) is 5.56 Å². The van der Waals surface area contributed by atoms with Crippen molar-refractivity contribution in [1.82, 2.24) is 0 Å². The number of non-ortho nitro benzene ring substituents is 1. The summed E-state index contributed by atoms with van der Waals surface area (Å²) in [5.74, 6) is -0.163. The van der Waals surface area contributed by atoms with Gasteiger partial charge in [-0.05, 0) is 6.07 Å². The highest BCUT2D eigenvalue weighted by molar-refractivity contribution is 5.47. The number of alkyl halides is 3. The second-order valence-corrected chi connectivity index (χ2v) is 3.91. The Balaban J connectivity index is 2.43. The highest BCUT2D eigenvalue weighted by Gasteiger charge is 2.65. The Kier molecular flexibility index (Phi) is 3.34. The summed E-state index contributed by atoms with van der Waals surface area (Å²) in [6.45, 7) is -0.578. The topological polar surface area (TPSA) is 97.3 Å². The summed E-state index contributed by atoms with van der Waals surface area (Å²) in [5.41, 5.74) is -3.82. The van der Waals surface area contributed by atoms with Crippen LogP contribution in [0.5, 0.6) is 5.75 Å². The van der Waals surface area contributed by atoms with Crippen LogP contribution in [-0.4, -0.2) is 29.4 Å². The summed E-state index contributed by atoms with van der Waals surface area (Å²) in [4.78, 5) is 9.89. The molecule has 0 bridgehead atoms. The summed E-state index contributed by atoms with van der Waals surface area (Å²) >= 11 is 0. The van der Waals surface area contributed by atoms with Crippen LogP contribution in [0.3, 0.4) is 0 Å². The average Bonchev–Trinajstić information content (AvgIpc) is 3.16. The zero-order valence-corrected chi connectivity index (χ0v) is 9.79. The van der Waals surface area contributed by atoms with Crippen LogP contribution in [0.4, 0.5) is 18.9 Å². The van der Waals surface area contributed by atoms with Crippen LogP contribution < -0.4 is 4.74 Å². The molecule has 2 rings (SSSR count). The number of benzene rings is 1. The number of aliphatic hydroxyl groups excluding tert-OH is 1. The fourth-order valence-corrected chi connectivity index (χ4v) is 1.58. The van der Waals surface area contributed by atoms with Crippen LogP contribution in [0.2, 0.25) is 0 Å². The number of aliphatic hydroxyl groups is 1. The second-order valence-electron chi connectivity index (χ2n) is 3.91. The Bertz CT molecular complexity index is 567. The van der Waals surface area contributed by atoms with Crippen molar-refractivity contribution in [3.8, 4) is 5.75 Å². The number of hydrogen-bond acceptors (Lipinski definition) is 6. The van der Waals surface area contributed by atoms with E-state index in [2.05, 4.69) is 10.2 Å². The van der Waals surface area contributed by atoms with Crippen molar-refractivity contribution in [1.29, 1.82) is 0 Å². The molecule has 1 N–H and O–H groups in total. The monoisotopic (exact) mass is 291 g/mol. The minimum absolute atomic E-state index is 0.163. The van der Waals surface area contributed by atoms with E-state index >= 15 is 0 Å². The molecule has 108 valence electrons. The quantitative estimate of drug-likeness (QED) is 0.663. The molecular weight excluding hydrogens is 283 g/mol. The van der Waals surface area contributed by atoms with Crippen LogP contribution in [0, 0.1) is 10.1 Å². The first-order valence-corrected chi connectivity index (χ1v) is 5.34. The van der Waals surface area contributed by atoms with Gasteiger partial charge in [0, 0.05) is 11.6 Å². The van der Waals surface area contributed by atoms with Gasteiger partial charge in [0.15, 0.2) is 0 Å². The lowest BCUT2D eigenvalue weighted by molar-refractivity contribution is -0.385. The van der Waals surface area contributed by atoms with Crippen molar-refractivity contribution in [2.45, 2.75) is 11.8 Å². The molecule has 7 nitrogen and oxygen atoms in total. The zero-order chi connectivity index (χ0) is 15.0. The number of rotatable bonds is 5. The number of nitro groups is 1. The largest absolute Gasteiger partial charge is 0.491 e. The predicted octanol–water partition coefficient (Wildman–Crippen LogP) is 2.15. The molecule has 1 heterocycles. The standard InChI is InChI=1S/C10H8F3N3O4/c11-10(12,13)9(14-15-9)6-3-7(16(18)19)5-8(4-6)20-2-1-17/h3-5,17H,1-2H2. The van der Waals surface area contributed by atoms with Gasteiger partial charge in [-0.3, -0.25) is 10.1 Å². The summed E-state index contributed by atoms with van der Waals surface area (Å²) in [6, 6.07) is 2.68. The van der Waals surface area contributed by atoms with Gasteiger partial charge < -0.3 is 9.84 Å². The maximum absolute atomic E-state index is 12.9. The molecule has 0 radical (unpaired) electrons. The van der Waals surface area contributed by atoms with Gasteiger partial charge >= 0.3 is 11.8 Å². The molecule has 0 aliphatic carbocycles. The minimum atomic E-state index is -4.78. The molecule has 10 heteroatoms. The Morgan fingerprint density at radius 3 is 2.45 bits per heavy atom. The van der Waals surface area contributed by atoms with E-state index in [0.717, 1.165) is 18.2 Å². The molecule has 0 fully saturated rings. The van der Waals surface area contributed by atoms with Gasteiger partial charge in [-0.1, -0.05) is 0 Å². The summed E-state index contributed by atoms with van der Waals surface area (Å²) in [6.07, 6.45) is -4.78. The smallest absolute Gasteiger partial charge is 0.442 e. The highest BCUT2D eigenvalue weighted by Crippen LogP contribution is 2.53. The summed E-state index contributed by atoms with van der Waals surface area (Å²) in [5, 5.41) is 25.3. The molecule has 0 aromatic heterocycles. The van der Waals surface area contributed by atoms with Crippen LogP contribution >= 0.6 is 0 Å². The zero-order valence-electron chi connectivity index (χ0n) is 9.79. The molecule has 0 saturated carbocycles. The third-order valence-corrected chi connectivity index (χ3v) is 2.56. The van der Waals surface area contributed by atoms with Crippen molar-refractivity contribution < 1.29 is 27.9 Å². The maximum Gasteiger partial charge on any atom is 0.442 e. The van der Waals surface area contributed by atoms with Crippen LogP contribution in [0.25, 0.3) is 0 Å². The molecule has 1 aromatic carbocycles. The molecule has 1 aliphatic heterocycles. The van der Waals surface area contributed by atoms with E-state index in [9.17, 15) is 23.3 Å². The van der Waals surface area contributed by atoms with E-state index in [4.69, 9.17) is 9.84 Å². The van der Waals surface area contributed by atoms with Gasteiger partial charge in [-0.2, -0.15) is 13.2 Å². The van der Waals surface area contributed by atoms with E-state index in [0.29, 0.717) is 0 Å². The molecule has 0 spiro atoms. The average molecular weight is 291 g/mol. The van der Waals surface area contributed by atoms with Gasteiger partial charge in [-0.25, -0.2) is 0 Å². The predicted molar refractivity (Wildman–Crippen MR) is 58.3 cm³/mol. The molecule has 1 aromatic rings. The first-order chi connectivity index (χ1) is 9.30. The van der Waals surface area contributed by atoms with E-state index in [1.807, 2.05) is 0 Å². The SMILES string of the molecule is O=[N+]([O-])c1cc(OCCO)cc(C2(C(F)(F)F)N=N2)c1. The Labute approximate surface area is 109 Å². The lowest BCUT2D eigenvalue weighted by Crippen LogP contribution is -2.30. The number of nitrogens with zero attached hydrogens (tertiary/aromatic N) is 3. The highest BCUT2D eigenvalue weighted by atomic mass is 19.4. The van der Waals surface area contributed by atoms with Gasteiger partial charge in [0.05, 0.1) is 17.6 Å². The number of halogens is 3. The van der Waals surface area contributed by atoms with Crippen molar-refractivity contribution >= 4 is 5.69 Å². The van der Waals surface area contributed by atoms with E-state index in [-0.39, 0.29) is 19.0 Å². The molecule has 20 heavy (non-hydrogen) atoms. The van der Waals surface area contributed by atoms with Crippen molar-refractivity contribution in [2.75, 3.05) is 13.2 Å². The summed E-state index contributed by atoms with van der Waals surface area (Å²) in [7, 11) is 0. The Hall–Kier alpha value is -2.23. The molecule has 0 unspecified atom stereocenters. The van der Waals surface area contributed by atoms with Gasteiger partial charge in [0.2, 0.25) is 0 Å². The van der Waals surface area contributed by atoms with Crippen LogP contribution in [0.15, 0.2) is 28.4 Å². The minimum Gasteiger partial charge on any atom is -0.491 e. The third kappa shape index (κ3) is 2.41. The molecule has 1 aliphatic rings. The van der Waals surface area contributed by atoms with Crippen molar-refractivity contribution in [3.05, 3.63) is 33.9 Å². The van der Waals surface area contributed by atoms with Gasteiger partial charge in [-0.15, -0.1) is 10.2 Å². The molecule has 0 atom stereocenters. The number of ether oxygens (including phenoxy) is 1.